The van der Waals surface area contributed by atoms with Crippen molar-refractivity contribution in [3.05, 3.63) is 89.5 Å². The molecule has 2 aliphatic rings. The Kier molecular flexibility index (Phi) is 4.91. The highest BCUT2D eigenvalue weighted by molar-refractivity contribution is 6.05. The summed E-state index contributed by atoms with van der Waals surface area (Å²) >= 11 is 0. The quantitative estimate of drug-likeness (QED) is 0.846. The first-order valence-corrected chi connectivity index (χ1v) is 9.27. The second kappa shape index (κ2) is 7.67. The van der Waals surface area contributed by atoms with Crippen molar-refractivity contribution in [2.75, 3.05) is 24.3 Å². The Hall–Kier alpha value is -3.80. The second-order valence-corrected chi connectivity index (χ2v) is 7.04. The maximum Gasteiger partial charge on any atom is 0.276 e. The lowest BCUT2D eigenvalue weighted by Gasteiger charge is -2.19. The average molecular weight is 384 g/mol. The molecule has 2 aromatic carbocycles. The van der Waals surface area contributed by atoms with Gasteiger partial charge in [-0.2, -0.15) is 0 Å². The normalized spacial score (nSPS) is 17.3. The third kappa shape index (κ3) is 3.78. The van der Waals surface area contributed by atoms with Crippen molar-refractivity contribution in [1.82, 2.24) is 0 Å². The molecule has 1 aliphatic heterocycles. The van der Waals surface area contributed by atoms with E-state index in [1.807, 2.05) is 85.8 Å². The fourth-order valence-corrected chi connectivity index (χ4v) is 3.27. The Morgan fingerprint density at radius 2 is 1.83 bits per heavy atom. The number of azo groups is 1. The lowest BCUT2D eigenvalue weighted by molar-refractivity contribution is -0.119. The number of amides is 2. The zero-order valence-corrected chi connectivity index (χ0v) is 16.2. The molecule has 4 rings (SSSR count). The molecule has 0 radical (unpaired) electrons. The molecule has 0 spiro atoms. The highest BCUT2D eigenvalue weighted by Crippen LogP contribution is 2.34. The molecule has 1 N–H and O–H groups in total. The van der Waals surface area contributed by atoms with Crippen LogP contribution in [-0.4, -0.2) is 25.9 Å². The van der Waals surface area contributed by atoms with Crippen LogP contribution in [0.5, 0.6) is 0 Å². The SMILES string of the molecule is CN(C)c1cccc(C(=O)Nc2ccc(C3=C4C=CC=CC4C(=O)N=N3)cc2)c1. The van der Waals surface area contributed by atoms with Crippen LogP contribution in [0.4, 0.5) is 11.4 Å². The summed E-state index contributed by atoms with van der Waals surface area (Å²) in [5.41, 5.74) is 4.58. The molecule has 0 aromatic heterocycles. The summed E-state index contributed by atoms with van der Waals surface area (Å²) in [6.07, 6.45) is 7.45. The van der Waals surface area contributed by atoms with Crippen LogP contribution >= 0.6 is 0 Å². The number of carbonyl (C=O) groups excluding carboxylic acids is 2. The van der Waals surface area contributed by atoms with Gasteiger partial charge in [-0.15, -0.1) is 10.2 Å². The summed E-state index contributed by atoms with van der Waals surface area (Å²) in [7, 11) is 3.87. The molecule has 2 amide bonds. The van der Waals surface area contributed by atoms with E-state index in [-0.39, 0.29) is 17.7 Å². The molecule has 0 saturated heterocycles. The molecule has 2 aromatic rings. The lowest BCUT2D eigenvalue weighted by atomic mass is 9.89. The van der Waals surface area contributed by atoms with Gasteiger partial charge in [0.15, 0.2) is 0 Å². The number of rotatable bonds is 4. The molecule has 0 bridgehead atoms. The summed E-state index contributed by atoms with van der Waals surface area (Å²) in [5, 5.41) is 10.8. The van der Waals surface area contributed by atoms with E-state index in [1.165, 1.54) is 0 Å². The van der Waals surface area contributed by atoms with Gasteiger partial charge in [0.2, 0.25) is 0 Å². The molecule has 6 heteroatoms. The molecule has 1 aliphatic carbocycles. The van der Waals surface area contributed by atoms with E-state index in [1.54, 1.807) is 6.07 Å². The maximum absolute atomic E-state index is 12.6. The Morgan fingerprint density at radius 1 is 1.03 bits per heavy atom. The van der Waals surface area contributed by atoms with Crippen LogP contribution in [0.1, 0.15) is 15.9 Å². The van der Waals surface area contributed by atoms with Crippen molar-refractivity contribution >= 4 is 28.9 Å². The molecule has 1 atom stereocenters. The first kappa shape index (κ1) is 18.6. The molecule has 0 fully saturated rings. The fraction of sp³-hybridized carbons (Fsp3) is 0.130. The van der Waals surface area contributed by atoms with Crippen LogP contribution in [0.2, 0.25) is 0 Å². The molecule has 144 valence electrons. The van der Waals surface area contributed by atoms with Crippen molar-refractivity contribution in [2.24, 2.45) is 16.1 Å². The molecular weight excluding hydrogens is 364 g/mol. The van der Waals surface area contributed by atoms with E-state index in [2.05, 4.69) is 15.5 Å². The van der Waals surface area contributed by atoms with Gasteiger partial charge in [0.1, 0.15) is 0 Å². The summed E-state index contributed by atoms with van der Waals surface area (Å²) < 4.78 is 0. The zero-order valence-electron chi connectivity index (χ0n) is 16.2. The van der Waals surface area contributed by atoms with E-state index in [0.717, 1.165) is 16.8 Å². The molecular formula is C23H20N4O2. The minimum Gasteiger partial charge on any atom is -0.378 e. The van der Waals surface area contributed by atoms with Gasteiger partial charge in [0.05, 0.1) is 11.6 Å². The third-order valence-electron chi connectivity index (χ3n) is 4.85. The molecule has 1 unspecified atom stereocenters. The molecule has 1 heterocycles. The number of carbonyl (C=O) groups is 2. The second-order valence-electron chi connectivity index (χ2n) is 7.04. The van der Waals surface area contributed by atoms with E-state index in [4.69, 9.17) is 0 Å². The summed E-state index contributed by atoms with van der Waals surface area (Å²) in [6, 6.07) is 14.8. The van der Waals surface area contributed by atoms with Crippen LogP contribution in [0.25, 0.3) is 5.70 Å². The molecule has 29 heavy (non-hydrogen) atoms. The largest absolute Gasteiger partial charge is 0.378 e. The lowest BCUT2D eigenvalue weighted by Crippen LogP contribution is -2.17. The monoisotopic (exact) mass is 384 g/mol. The Morgan fingerprint density at radius 3 is 2.59 bits per heavy atom. The minimum atomic E-state index is -0.379. The predicted octanol–water partition coefficient (Wildman–Crippen LogP) is 4.45. The van der Waals surface area contributed by atoms with E-state index >= 15 is 0 Å². The van der Waals surface area contributed by atoms with Crippen molar-refractivity contribution in [3.63, 3.8) is 0 Å². The van der Waals surface area contributed by atoms with Gasteiger partial charge in [0.25, 0.3) is 11.8 Å². The number of fused-ring (bicyclic) bond motifs is 1. The van der Waals surface area contributed by atoms with Crippen LogP contribution in [-0.2, 0) is 4.79 Å². The van der Waals surface area contributed by atoms with Crippen molar-refractivity contribution in [2.45, 2.75) is 0 Å². The van der Waals surface area contributed by atoms with Gasteiger partial charge in [-0.3, -0.25) is 9.59 Å². The van der Waals surface area contributed by atoms with Crippen molar-refractivity contribution < 1.29 is 9.59 Å². The number of anilines is 2. The minimum absolute atomic E-state index is 0.174. The fourth-order valence-electron chi connectivity index (χ4n) is 3.27. The summed E-state index contributed by atoms with van der Waals surface area (Å²) in [4.78, 5) is 26.5. The number of allylic oxidation sites excluding steroid dienone is 3. The first-order valence-electron chi connectivity index (χ1n) is 9.27. The van der Waals surface area contributed by atoms with E-state index in [0.29, 0.717) is 16.9 Å². The molecule has 6 nitrogen and oxygen atoms in total. The Balaban J connectivity index is 1.54. The van der Waals surface area contributed by atoms with E-state index < -0.39 is 0 Å². The van der Waals surface area contributed by atoms with Crippen molar-refractivity contribution in [3.8, 4) is 0 Å². The van der Waals surface area contributed by atoms with E-state index in [9.17, 15) is 9.59 Å². The number of nitrogens with zero attached hydrogens (tertiary/aromatic N) is 3. The Labute approximate surface area is 169 Å². The van der Waals surface area contributed by atoms with Gasteiger partial charge in [-0.1, -0.05) is 42.5 Å². The standard InChI is InChI=1S/C23H20N4O2/c1-27(2)18-7-5-6-16(14-18)22(28)24-17-12-10-15(11-13-17)21-19-8-3-4-9-20(19)23(29)26-25-21/h3-14,20H,1-2H3,(H,24,28). The number of hydrogen-bond acceptors (Lipinski definition) is 4. The van der Waals surface area contributed by atoms with Crippen LogP contribution in [0.3, 0.4) is 0 Å². The van der Waals surface area contributed by atoms with Gasteiger partial charge < -0.3 is 10.2 Å². The topological polar surface area (TPSA) is 74.1 Å². The van der Waals surface area contributed by atoms with Crippen molar-refractivity contribution in [1.29, 1.82) is 0 Å². The smallest absolute Gasteiger partial charge is 0.276 e. The van der Waals surface area contributed by atoms with Gasteiger partial charge in [-0.25, -0.2) is 0 Å². The summed E-state index contributed by atoms with van der Waals surface area (Å²) in [6.45, 7) is 0. The average Bonchev–Trinajstić information content (AvgIpc) is 2.75. The number of benzene rings is 2. The number of nitrogens with one attached hydrogen (secondary N) is 1. The van der Waals surface area contributed by atoms with Crippen LogP contribution in [0, 0.1) is 5.92 Å². The number of hydrogen-bond donors (Lipinski definition) is 1. The van der Waals surface area contributed by atoms with Gasteiger partial charge >= 0.3 is 0 Å². The Bertz CT molecular complexity index is 1090. The summed E-state index contributed by atoms with van der Waals surface area (Å²) in [5.74, 6) is -0.809. The van der Waals surface area contributed by atoms with Crippen LogP contribution in [0.15, 0.2) is 88.6 Å². The predicted molar refractivity (Wildman–Crippen MR) is 114 cm³/mol. The highest BCUT2D eigenvalue weighted by Gasteiger charge is 2.27. The highest BCUT2D eigenvalue weighted by atomic mass is 16.2. The van der Waals surface area contributed by atoms with Gasteiger partial charge in [-0.05, 0) is 35.9 Å². The zero-order chi connectivity index (χ0) is 20.4. The third-order valence-corrected chi connectivity index (χ3v) is 4.85. The van der Waals surface area contributed by atoms with Gasteiger partial charge in [0, 0.05) is 36.6 Å². The maximum atomic E-state index is 12.6. The van der Waals surface area contributed by atoms with Crippen LogP contribution < -0.4 is 10.2 Å². The first-order chi connectivity index (χ1) is 14.0. The molecule has 0 saturated carbocycles.